The fourth-order valence-corrected chi connectivity index (χ4v) is 1.75. The SMILES string of the molecule is N=C(N)CCSc1ccc(F)c(F)c1. The number of rotatable bonds is 4. The van der Waals surface area contributed by atoms with E-state index in [4.69, 9.17) is 11.1 Å². The van der Waals surface area contributed by atoms with E-state index in [0.717, 1.165) is 12.1 Å². The Labute approximate surface area is 85.0 Å². The highest BCUT2D eigenvalue weighted by atomic mass is 32.2. The quantitative estimate of drug-likeness (QED) is 0.461. The van der Waals surface area contributed by atoms with Crippen molar-refractivity contribution in [3.05, 3.63) is 29.8 Å². The Morgan fingerprint density at radius 1 is 1.36 bits per heavy atom. The van der Waals surface area contributed by atoms with E-state index in [0.29, 0.717) is 17.1 Å². The minimum atomic E-state index is -0.849. The molecule has 1 aromatic carbocycles. The molecule has 0 bridgehead atoms. The van der Waals surface area contributed by atoms with Crippen molar-refractivity contribution in [3.8, 4) is 0 Å². The zero-order chi connectivity index (χ0) is 10.6. The van der Waals surface area contributed by atoms with E-state index in [-0.39, 0.29) is 5.84 Å². The highest BCUT2D eigenvalue weighted by Crippen LogP contribution is 2.20. The van der Waals surface area contributed by atoms with Crippen LogP contribution in [-0.4, -0.2) is 11.6 Å². The summed E-state index contributed by atoms with van der Waals surface area (Å²) in [5.74, 6) is -1.00. The Morgan fingerprint density at radius 2 is 2.07 bits per heavy atom. The second-order valence-electron chi connectivity index (χ2n) is 2.70. The molecule has 0 fully saturated rings. The summed E-state index contributed by atoms with van der Waals surface area (Å²) >= 11 is 1.34. The fourth-order valence-electron chi connectivity index (χ4n) is 0.845. The number of hydrogen-bond donors (Lipinski definition) is 2. The second-order valence-corrected chi connectivity index (χ2v) is 3.87. The summed E-state index contributed by atoms with van der Waals surface area (Å²) in [5.41, 5.74) is 5.15. The molecular weight excluding hydrogens is 206 g/mol. The lowest BCUT2D eigenvalue weighted by molar-refractivity contribution is 0.506. The topological polar surface area (TPSA) is 49.9 Å². The van der Waals surface area contributed by atoms with Crippen molar-refractivity contribution in [2.75, 3.05) is 5.75 Å². The molecule has 0 saturated heterocycles. The number of thioether (sulfide) groups is 1. The van der Waals surface area contributed by atoms with Gasteiger partial charge in [-0.3, -0.25) is 5.41 Å². The Kier molecular flexibility index (Phi) is 3.88. The van der Waals surface area contributed by atoms with Crippen molar-refractivity contribution in [2.45, 2.75) is 11.3 Å². The first-order chi connectivity index (χ1) is 6.59. The maximum Gasteiger partial charge on any atom is 0.159 e. The largest absolute Gasteiger partial charge is 0.388 e. The van der Waals surface area contributed by atoms with Crippen LogP contribution in [0, 0.1) is 17.0 Å². The summed E-state index contributed by atoms with van der Waals surface area (Å²) in [6, 6.07) is 3.73. The fraction of sp³-hybridized carbons (Fsp3) is 0.222. The van der Waals surface area contributed by atoms with E-state index in [1.54, 1.807) is 0 Å². The van der Waals surface area contributed by atoms with Crippen LogP contribution in [-0.2, 0) is 0 Å². The van der Waals surface area contributed by atoms with Gasteiger partial charge in [0.2, 0.25) is 0 Å². The van der Waals surface area contributed by atoms with E-state index in [2.05, 4.69) is 0 Å². The number of hydrogen-bond acceptors (Lipinski definition) is 2. The molecule has 0 amide bonds. The van der Waals surface area contributed by atoms with Gasteiger partial charge in [0, 0.05) is 17.1 Å². The molecule has 0 spiro atoms. The van der Waals surface area contributed by atoms with Crippen LogP contribution < -0.4 is 5.73 Å². The lowest BCUT2D eigenvalue weighted by atomic mass is 10.3. The molecule has 0 saturated carbocycles. The number of halogens is 2. The van der Waals surface area contributed by atoms with Crippen LogP contribution >= 0.6 is 11.8 Å². The molecule has 0 aliphatic heterocycles. The molecule has 0 heterocycles. The molecule has 0 atom stereocenters. The first-order valence-corrected chi connectivity index (χ1v) is 4.99. The van der Waals surface area contributed by atoms with Gasteiger partial charge in [-0.1, -0.05) is 0 Å². The van der Waals surface area contributed by atoms with Crippen molar-refractivity contribution in [1.82, 2.24) is 0 Å². The lowest BCUT2D eigenvalue weighted by Crippen LogP contribution is -2.09. The van der Waals surface area contributed by atoms with Crippen LogP contribution in [0.2, 0.25) is 0 Å². The van der Waals surface area contributed by atoms with Gasteiger partial charge in [-0.25, -0.2) is 8.78 Å². The third-order valence-electron chi connectivity index (χ3n) is 1.53. The van der Waals surface area contributed by atoms with E-state index < -0.39 is 11.6 Å². The van der Waals surface area contributed by atoms with Crippen molar-refractivity contribution in [2.24, 2.45) is 5.73 Å². The van der Waals surface area contributed by atoms with Gasteiger partial charge < -0.3 is 5.73 Å². The van der Waals surface area contributed by atoms with Crippen LogP contribution in [0.25, 0.3) is 0 Å². The maximum atomic E-state index is 12.7. The summed E-state index contributed by atoms with van der Waals surface area (Å²) in [7, 11) is 0. The first-order valence-electron chi connectivity index (χ1n) is 4.00. The molecule has 0 radical (unpaired) electrons. The van der Waals surface area contributed by atoms with Gasteiger partial charge in [0.1, 0.15) is 0 Å². The van der Waals surface area contributed by atoms with Gasteiger partial charge in [-0.2, -0.15) is 0 Å². The third-order valence-corrected chi connectivity index (χ3v) is 2.53. The van der Waals surface area contributed by atoms with Gasteiger partial charge >= 0.3 is 0 Å². The van der Waals surface area contributed by atoms with Gasteiger partial charge in [-0.15, -0.1) is 11.8 Å². The van der Waals surface area contributed by atoms with E-state index in [1.807, 2.05) is 0 Å². The Hall–Kier alpha value is -1.10. The molecule has 1 aromatic rings. The summed E-state index contributed by atoms with van der Waals surface area (Å²) in [5, 5.41) is 6.97. The molecule has 3 N–H and O–H groups in total. The Balaban J connectivity index is 2.51. The normalized spacial score (nSPS) is 10.1. The molecule has 0 unspecified atom stereocenters. The number of nitrogens with two attached hydrogens (primary N) is 1. The molecule has 1 rings (SSSR count). The Bertz CT molecular complexity index is 342. The standard InChI is InChI=1S/C9H10F2N2S/c10-7-2-1-6(5-8(7)11)14-4-3-9(12)13/h1-2,5H,3-4H2,(H3,12,13). The highest BCUT2D eigenvalue weighted by Gasteiger charge is 2.02. The second kappa shape index (κ2) is 4.95. The molecule has 0 aliphatic rings. The molecule has 14 heavy (non-hydrogen) atoms. The van der Waals surface area contributed by atoms with Crippen LogP contribution in [0.5, 0.6) is 0 Å². The smallest absolute Gasteiger partial charge is 0.159 e. The predicted molar refractivity (Wildman–Crippen MR) is 53.6 cm³/mol. The van der Waals surface area contributed by atoms with E-state index >= 15 is 0 Å². The number of benzene rings is 1. The maximum absolute atomic E-state index is 12.7. The summed E-state index contributed by atoms with van der Waals surface area (Å²) < 4.78 is 25.2. The van der Waals surface area contributed by atoms with Gasteiger partial charge in [0.25, 0.3) is 0 Å². The monoisotopic (exact) mass is 216 g/mol. The van der Waals surface area contributed by atoms with Gasteiger partial charge in [0.15, 0.2) is 11.6 Å². The van der Waals surface area contributed by atoms with E-state index in [9.17, 15) is 8.78 Å². The predicted octanol–water partition coefficient (Wildman–Crippen LogP) is 2.38. The van der Waals surface area contributed by atoms with Crippen LogP contribution in [0.4, 0.5) is 8.78 Å². The molecular formula is C9H10F2N2S. The number of amidine groups is 1. The van der Waals surface area contributed by atoms with Crippen molar-refractivity contribution < 1.29 is 8.78 Å². The molecule has 76 valence electrons. The average molecular weight is 216 g/mol. The van der Waals surface area contributed by atoms with Crippen molar-refractivity contribution in [3.63, 3.8) is 0 Å². The summed E-state index contributed by atoms with van der Waals surface area (Å²) in [6.07, 6.45) is 0.448. The van der Waals surface area contributed by atoms with Crippen LogP contribution in [0.3, 0.4) is 0 Å². The van der Waals surface area contributed by atoms with Crippen molar-refractivity contribution >= 4 is 17.6 Å². The van der Waals surface area contributed by atoms with Crippen LogP contribution in [0.15, 0.2) is 23.1 Å². The minimum absolute atomic E-state index is 0.0973. The van der Waals surface area contributed by atoms with Crippen molar-refractivity contribution in [1.29, 1.82) is 5.41 Å². The zero-order valence-corrected chi connectivity index (χ0v) is 8.20. The molecule has 0 aliphatic carbocycles. The summed E-state index contributed by atoms with van der Waals surface area (Å²) in [4.78, 5) is 0.644. The van der Waals surface area contributed by atoms with Gasteiger partial charge in [0.05, 0.1) is 5.84 Å². The highest BCUT2D eigenvalue weighted by molar-refractivity contribution is 7.99. The molecule has 2 nitrogen and oxygen atoms in total. The first kappa shape index (κ1) is 11.0. The number of nitrogens with one attached hydrogen (secondary N) is 1. The Morgan fingerprint density at radius 3 is 2.64 bits per heavy atom. The van der Waals surface area contributed by atoms with Crippen LogP contribution in [0.1, 0.15) is 6.42 Å². The summed E-state index contributed by atoms with van der Waals surface area (Å²) in [6.45, 7) is 0. The average Bonchev–Trinajstić information content (AvgIpc) is 2.10. The van der Waals surface area contributed by atoms with E-state index in [1.165, 1.54) is 17.8 Å². The molecule has 0 aromatic heterocycles. The third kappa shape index (κ3) is 3.33. The lowest BCUT2D eigenvalue weighted by Gasteiger charge is -2.01. The minimum Gasteiger partial charge on any atom is -0.388 e. The van der Waals surface area contributed by atoms with Gasteiger partial charge in [-0.05, 0) is 18.2 Å². The molecule has 5 heteroatoms. The zero-order valence-electron chi connectivity index (χ0n) is 7.39.